The van der Waals surface area contributed by atoms with Gasteiger partial charge in [-0.1, -0.05) is 13.8 Å². The van der Waals surface area contributed by atoms with Crippen LogP contribution in [-0.4, -0.2) is 47.2 Å². The van der Waals surface area contributed by atoms with Crippen LogP contribution in [-0.2, 0) is 9.59 Å². The molecule has 4 rings (SSSR count). The van der Waals surface area contributed by atoms with Crippen molar-refractivity contribution in [1.29, 1.82) is 0 Å². The molecule has 2 aliphatic heterocycles. The fourth-order valence-electron chi connectivity index (χ4n) is 5.20. The van der Waals surface area contributed by atoms with Crippen molar-refractivity contribution in [1.82, 2.24) is 4.90 Å². The molecule has 2 heterocycles. The number of hydrogen-bond donors (Lipinski definition) is 1. The van der Waals surface area contributed by atoms with Crippen LogP contribution in [0.5, 0.6) is 5.75 Å². The molecule has 1 N–H and O–H groups in total. The van der Waals surface area contributed by atoms with E-state index in [1.54, 1.807) is 36.4 Å². The lowest BCUT2D eigenvalue weighted by Gasteiger charge is -2.47. The largest absolute Gasteiger partial charge is 0.494 e. The number of amides is 3. The van der Waals surface area contributed by atoms with Gasteiger partial charge in [0.25, 0.3) is 11.1 Å². The first-order valence-electron chi connectivity index (χ1n) is 12.9. The summed E-state index contributed by atoms with van der Waals surface area (Å²) in [6, 6.07) is 10.1. The highest BCUT2D eigenvalue weighted by molar-refractivity contribution is 8.18. The maximum absolute atomic E-state index is 15.3. The Hall–Kier alpha value is -3.33. The number of nitrogens with one attached hydrogen (secondary N) is 1. The summed E-state index contributed by atoms with van der Waals surface area (Å²) >= 11 is 0.713. The first kappa shape index (κ1) is 27.7. The van der Waals surface area contributed by atoms with Crippen molar-refractivity contribution >= 4 is 46.3 Å². The Morgan fingerprint density at radius 1 is 1.21 bits per heavy atom. The van der Waals surface area contributed by atoms with Crippen LogP contribution in [0.1, 0.15) is 64.5 Å². The average Bonchev–Trinajstić information content (AvgIpc) is 3.11. The summed E-state index contributed by atoms with van der Waals surface area (Å²) in [7, 11) is 0. The number of nitrogens with zero attached hydrogens (tertiary/aromatic N) is 2. The minimum atomic E-state index is -0.610. The number of halogens is 1. The minimum Gasteiger partial charge on any atom is -0.494 e. The molecule has 1 fully saturated rings. The summed E-state index contributed by atoms with van der Waals surface area (Å²) in [6.07, 6.45) is 3.28. The van der Waals surface area contributed by atoms with Gasteiger partial charge in [-0.15, -0.1) is 0 Å². The number of hydrogen-bond acceptors (Lipinski definition) is 6. The van der Waals surface area contributed by atoms with E-state index in [0.717, 1.165) is 35.5 Å². The van der Waals surface area contributed by atoms with Crippen molar-refractivity contribution in [2.45, 2.75) is 58.9 Å². The molecular weight excluding hydrogens is 505 g/mol. The van der Waals surface area contributed by atoms with Crippen LogP contribution in [0.4, 0.5) is 20.6 Å². The van der Waals surface area contributed by atoms with E-state index in [0.29, 0.717) is 29.8 Å². The molecule has 7 nitrogen and oxygen atoms in total. The van der Waals surface area contributed by atoms with Gasteiger partial charge in [-0.05, 0) is 99.3 Å². The van der Waals surface area contributed by atoms with E-state index >= 15 is 4.39 Å². The van der Waals surface area contributed by atoms with Crippen molar-refractivity contribution in [3.05, 3.63) is 58.2 Å². The second kappa shape index (κ2) is 11.2. The molecule has 0 aromatic heterocycles. The van der Waals surface area contributed by atoms with Crippen LogP contribution in [0.3, 0.4) is 0 Å². The van der Waals surface area contributed by atoms with E-state index < -0.39 is 29.4 Å². The number of imide groups is 1. The lowest BCUT2D eigenvalue weighted by Crippen LogP contribution is -2.48. The molecule has 202 valence electrons. The third-order valence-corrected chi connectivity index (χ3v) is 7.77. The highest BCUT2D eigenvalue weighted by atomic mass is 32.2. The average molecular weight is 540 g/mol. The van der Waals surface area contributed by atoms with Crippen LogP contribution in [0.25, 0.3) is 6.08 Å². The molecule has 0 bridgehead atoms. The quantitative estimate of drug-likeness (QED) is 0.391. The van der Waals surface area contributed by atoms with Crippen LogP contribution in [0, 0.1) is 5.82 Å². The number of benzene rings is 2. The number of ether oxygens (including phenoxy) is 1. The van der Waals surface area contributed by atoms with Gasteiger partial charge in [0.2, 0.25) is 5.91 Å². The van der Waals surface area contributed by atoms with Crippen molar-refractivity contribution in [3.8, 4) is 5.75 Å². The number of thioether (sulfide) groups is 1. The molecule has 1 unspecified atom stereocenters. The molecule has 0 spiro atoms. The molecule has 1 saturated heterocycles. The molecule has 1 atom stereocenters. The Labute approximate surface area is 227 Å². The van der Waals surface area contributed by atoms with E-state index in [2.05, 4.69) is 37.9 Å². The summed E-state index contributed by atoms with van der Waals surface area (Å²) < 4.78 is 20.7. The molecule has 0 saturated carbocycles. The van der Waals surface area contributed by atoms with Crippen molar-refractivity contribution in [2.75, 3.05) is 29.9 Å². The van der Waals surface area contributed by atoms with E-state index in [1.807, 2.05) is 6.92 Å². The molecule has 9 heteroatoms. The molecule has 3 amide bonds. The van der Waals surface area contributed by atoms with E-state index in [1.165, 1.54) is 6.08 Å². The van der Waals surface area contributed by atoms with Gasteiger partial charge in [-0.2, -0.15) is 0 Å². The third kappa shape index (κ3) is 5.72. The van der Waals surface area contributed by atoms with Gasteiger partial charge in [0.05, 0.1) is 11.5 Å². The minimum absolute atomic E-state index is 0.0923. The second-order valence-electron chi connectivity index (χ2n) is 10.3. The molecule has 2 aliphatic rings. The lowest BCUT2D eigenvalue weighted by atomic mass is 9.79. The zero-order chi connectivity index (χ0) is 27.6. The van der Waals surface area contributed by atoms with Gasteiger partial charge in [0.15, 0.2) is 0 Å². The van der Waals surface area contributed by atoms with Crippen LogP contribution in [0.2, 0.25) is 0 Å². The zero-order valence-corrected chi connectivity index (χ0v) is 23.3. The SMILES string of the molecule is CCCN1c2cc(F)c(/C=C3/SC(=O)N(CC(=O)Nc4ccc(OCC)cc4)C3=O)cc2C(C)CC1(C)C. The topological polar surface area (TPSA) is 79.0 Å². The standard InChI is InChI=1S/C29H34FN3O4S/c1-6-12-33-24-15-23(30)19(13-22(24)18(3)16-29(33,4)5)14-25-27(35)32(28(36)38-25)17-26(34)31-20-8-10-21(11-9-20)37-7-2/h8-11,13-15,18H,6-7,12,16-17H2,1-5H3,(H,31,34)/b25-14+. The maximum Gasteiger partial charge on any atom is 0.294 e. The Kier molecular flexibility index (Phi) is 8.16. The van der Waals surface area contributed by atoms with Crippen molar-refractivity contribution in [2.24, 2.45) is 0 Å². The first-order chi connectivity index (χ1) is 18.0. The Morgan fingerprint density at radius 3 is 2.58 bits per heavy atom. The van der Waals surface area contributed by atoms with E-state index in [9.17, 15) is 14.4 Å². The fraction of sp³-hybridized carbons (Fsp3) is 0.414. The highest BCUT2D eigenvalue weighted by Gasteiger charge is 2.38. The number of rotatable bonds is 8. The number of anilines is 2. The molecule has 2 aromatic rings. The maximum atomic E-state index is 15.3. The zero-order valence-electron chi connectivity index (χ0n) is 22.5. The fourth-order valence-corrected chi connectivity index (χ4v) is 6.03. The third-order valence-electron chi connectivity index (χ3n) is 6.86. The summed E-state index contributed by atoms with van der Waals surface area (Å²) in [5.41, 5.74) is 2.59. The summed E-state index contributed by atoms with van der Waals surface area (Å²) in [5.74, 6) is -0.685. The Balaban J connectivity index is 1.51. The van der Waals surface area contributed by atoms with Gasteiger partial charge >= 0.3 is 0 Å². The molecule has 38 heavy (non-hydrogen) atoms. The van der Waals surface area contributed by atoms with Gasteiger partial charge in [0.1, 0.15) is 18.1 Å². The summed E-state index contributed by atoms with van der Waals surface area (Å²) in [6.45, 7) is 11.4. The molecule has 2 aromatic carbocycles. The van der Waals surface area contributed by atoms with E-state index in [4.69, 9.17) is 4.74 Å². The molecule has 0 radical (unpaired) electrons. The van der Waals surface area contributed by atoms with Gasteiger partial charge in [-0.25, -0.2) is 4.39 Å². The summed E-state index contributed by atoms with van der Waals surface area (Å²) in [4.78, 5) is 41.3. The van der Waals surface area contributed by atoms with Crippen LogP contribution < -0.4 is 15.0 Å². The predicted molar refractivity (Wildman–Crippen MR) is 150 cm³/mol. The predicted octanol–water partition coefficient (Wildman–Crippen LogP) is 6.40. The number of fused-ring (bicyclic) bond motifs is 1. The van der Waals surface area contributed by atoms with Gasteiger partial charge in [-0.3, -0.25) is 19.3 Å². The van der Waals surface area contributed by atoms with Gasteiger partial charge < -0.3 is 15.0 Å². The summed E-state index contributed by atoms with van der Waals surface area (Å²) in [5, 5.41) is 2.11. The van der Waals surface area contributed by atoms with Crippen LogP contribution >= 0.6 is 11.8 Å². The molecular formula is C29H34FN3O4S. The monoisotopic (exact) mass is 539 g/mol. The van der Waals surface area contributed by atoms with E-state index in [-0.39, 0.29) is 21.9 Å². The van der Waals surface area contributed by atoms with Crippen molar-refractivity contribution in [3.63, 3.8) is 0 Å². The van der Waals surface area contributed by atoms with Gasteiger partial charge in [0, 0.05) is 29.0 Å². The Bertz CT molecular complexity index is 1280. The second-order valence-corrected chi connectivity index (χ2v) is 11.3. The normalized spacial score (nSPS) is 19.6. The number of carbonyl (C=O) groups excluding carboxylic acids is 3. The highest BCUT2D eigenvalue weighted by Crippen LogP contribution is 2.45. The smallest absolute Gasteiger partial charge is 0.294 e. The Morgan fingerprint density at radius 2 is 1.92 bits per heavy atom. The lowest BCUT2D eigenvalue weighted by molar-refractivity contribution is -0.127. The first-order valence-corrected chi connectivity index (χ1v) is 13.7. The molecule has 0 aliphatic carbocycles. The number of carbonyl (C=O) groups is 3. The van der Waals surface area contributed by atoms with Crippen molar-refractivity contribution < 1.29 is 23.5 Å². The van der Waals surface area contributed by atoms with Crippen LogP contribution in [0.15, 0.2) is 41.3 Å².